The molecule has 6 heteroatoms. The molecule has 0 radical (unpaired) electrons. The molecule has 3 aromatic carbocycles. The van der Waals surface area contributed by atoms with Gasteiger partial charge < -0.3 is 9.84 Å². The Morgan fingerprint density at radius 3 is 2.31 bits per heavy atom. The van der Waals surface area contributed by atoms with Gasteiger partial charge in [-0.2, -0.15) is 0 Å². The second kappa shape index (κ2) is 8.30. The van der Waals surface area contributed by atoms with Crippen molar-refractivity contribution in [1.29, 1.82) is 0 Å². The zero-order valence-electron chi connectivity index (χ0n) is 17.9. The number of aryl methyl sites for hydroxylation is 2. The Labute approximate surface area is 185 Å². The van der Waals surface area contributed by atoms with Gasteiger partial charge in [0.05, 0.1) is 18.7 Å². The molecule has 1 heterocycles. The first-order valence-corrected chi connectivity index (χ1v) is 10.1. The van der Waals surface area contributed by atoms with E-state index in [1.807, 2.05) is 26.0 Å². The molecule has 0 spiro atoms. The van der Waals surface area contributed by atoms with Crippen LogP contribution < -0.4 is 9.64 Å². The average Bonchev–Trinajstić information content (AvgIpc) is 3.06. The number of hydrogen-bond acceptors (Lipinski definition) is 4. The molecule has 1 amide bonds. The fraction of sp³-hybridized carbons (Fsp3) is 0.154. The van der Waals surface area contributed by atoms with Crippen molar-refractivity contribution in [3.8, 4) is 5.75 Å². The SMILES string of the molecule is COc1ccccc1C1/C(=C(\O)c2ccc(F)cc2)C(=O)C(=O)N1c1ccc(C)c(C)c1. The van der Waals surface area contributed by atoms with Gasteiger partial charge in [0.1, 0.15) is 17.3 Å². The van der Waals surface area contributed by atoms with Gasteiger partial charge in [-0.1, -0.05) is 24.3 Å². The molecule has 1 atom stereocenters. The van der Waals surface area contributed by atoms with Crippen LogP contribution in [0, 0.1) is 19.7 Å². The second-order valence-electron chi connectivity index (χ2n) is 7.69. The number of nitrogens with zero attached hydrogens (tertiary/aromatic N) is 1. The molecule has 1 unspecified atom stereocenters. The van der Waals surface area contributed by atoms with E-state index in [9.17, 15) is 19.1 Å². The molecule has 0 bridgehead atoms. The number of ether oxygens (including phenoxy) is 1. The van der Waals surface area contributed by atoms with Crippen LogP contribution in [-0.4, -0.2) is 23.9 Å². The third kappa shape index (κ3) is 3.54. The van der Waals surface area contributed by atoms with E-state index in [-0.39, 0.29) is 16.9 Å². The van der Waals surface area contributed by atoms with E-state index in [0.717, 1.165) is 11.1 Å². The van der Waals surface area contributed by atoms with Crippen molar-refractivity contribution in [2.45, 2.75) is 19.9 Å². The van der Waals surface area contributed by atoms with E-state index < -0.39 is 23.5 Å². The maximum absolute atomic E-state index is 13.4. The topological polar surface area (TPSA) is 66.8 Å². The van der Waals surface area contributed by atoms with Crippen LogP contribution in [0.25, 0.3) is 5.76 Å². The van der Waals surface area contributed by atoms with Crippen LogP contribution in [0.4, 0.5) is 10.1 Å². The smallest absolute Gasteiger partial charge is 0.300 e. The summed E-state index contributed by atoms with van der Waals surface area (Å²) in [6.45, 7) is 3.88. The van der Waals surface area contributed by atoms with Crippen molar-refractivity contribution >= 4 is 23.1 Å². The van der Waals surface area contributed by atoms with Gasteiger partial charge in [0.25, 0.3) is 11.7 Å². The van der Waals surface area contributed by atoms with Crippen LogP contribution in [0.3, 0.4) is 0 Å². The number of Topliss-reactive ketones (excluding diaryl/α,β-unsaturated/α-hetero) is 1. The first-order valence-electron chi connectivity index (χ1n) is 10.1. The number of para-hydroxylation sites is 1. The average molecular weight is 431 g/mol. The molecule has 1 fully saturated rings. The molecule has 5 nitrogen and oxygen atoms in total. The summed E-state index contributed by atoms with van der Waals surface area (Å²) in [7, 11) is 1.50. The van der Waals surface area contributed by atoms with Gasteiger partial charge in [-0.25, -0.2) is 4.39 Å². The Hall–Kier alpha value is -3.93. The largest absolute Gasteiger partial charge is 0.507 e. The first-order chi connectivity index (χ1) is 15.3. The van der Waals surface area contributed by atoms with Gasteiger partial charge in [0.2, 0.25) is 0 Å². The van der Waals surface area contributed by atoms with Gasteiger partial charge in [0.15, 0.2) is 0 Å². The molecule has 0 saturated carbocycles. The third-order valence-corrected chi connectivity index (χ3v) is 5.76. The van der Waals surface area contributed by atoms with Gasteiger partial charge in [-0.3, -0.25) is 14.5 Å². The van der Waals surface area contributed by atoms with Gasteiger partial charge >= 0.3 is 0 Å². The number of hydrogen-bond donors (Lipinski definition) is 1. The van der Waals surface area contributed by atoms with Gasteiger partial charge in [0, 0.05) is 16.8 Å². The minimum absolute atomic E-state index is 0.0793. The predicted molar refractivity (Wildman–Crippen MR) is 120 cm³/mol. The van der Waals surface area contributed by atoms with Gasteiger partial charge in [-0.05, 0) is 67.4 Å². The molecular weight excluding hydrogens is 409 g/mol. The predicted octanol–water partition coefficient (Wildman–Crippen LogP) is 5.08. The highest BCUT2D eigenvalue weighted by Crippen LogP contribution is 2.45. The quantitative estimate of drug-likeness (QED) is 0.356. The minimum atomic E-state index is -0.918. The number of aliphatic hydroxyl groups is 1. The molecule has 1 aliphatic heterocycles. The summed E-state index contributed by atoms with van der Waals surface area (Å²) in [5, 5.41) is 11.1. The highest BCUT2D eigenvalue weighted by atomic mass is 19.1. The van der Waals surface area contributed by atoms with Crippen molar-refractivity contribution in [3.63, 3.8) is 0 Å². The van der Waals surface area contributed by atoms with E-state index in [1.165, 1.54) is 36.3 Å². The third-order valence-electron chi connectivity index (χ3n) is 5.76. The molecular formula is C26H22FNO4. The number of carbonyl (C=O) groups excluding carboxylic acids is 2. The lowest BCUT2D eigenvalue weighted by molar-refractivity contribution is -0.132. The lowest BCUT2D eigenvalue weighted by Gasteiger charge is -2.27. The summed E-state index contributed by atoms with van der Waals surface area (Å²) in [5.74, 6) is -1.95. The maximum Gasteiger partial charge on any atom is 0.300 e. The Morgan fingerprint density at radius 1 is 0.969 bits per heavy atom. The molecule has 3 aromatic rings. The van der Waals surface area contributed by atoms with Crippen LogP contribution in [0.5, 0.6) is 5.75 Å². The summed E-state index contributed by atoms with van der Waals surface area (Å²) in [5.41, 5.74) is 3.25. The fourth-order valence-electron chi connectivity index (χ4n) is 3.92. The number of amides is 1. The number of methoxy groups -OCH3 is 1. The number of benzene rings is 3. The van der Waals surface area contributed by atoms with Crippen molar-refractivity contribution in [2.75, 3.05) is 12.0 Å². The number of halogens is 1. The summed E-state index contributed by atoms with van der Waals surface area (Å²) in [6.07, 6.45) is 0. The van der Waals surface area contributed by atoms with Crippen molar-refractivity contribution in [3.05, 3.63) is 100 Å². The molecule has 1 N–H and O–H groups in total. The summed E-state index contributed by atoms with van der Waals surface area (Å²) >= 11 is 0. The van der Waals surface area contributed by atoms with Crippen molar-refractivity contribution < 1.29 is 23.8 Å². The molecule has 0 aliphatic carbocycles. The number of aliphatic hydroxyl groups excluding tert-OH is 1. The second-order valence-corrected chi connectivity index (χ2v) is 7.69. The minimum Gasteiger partial charge on any atom is -0.507 e. The van der Waals surface area contributed by atoms with E-state index in [2.05, 4.69) is 0 Å². The van der Waals surface area contributed by atoms with Crippen molar-refractivity contribution in [2.24, 2.45) is 0 Å². The molecule has 1 aliphatic rings. The number of ketones is 1. The van der Waals surface area contributed by atoms with E-state index in [4.69, 9.17) is 4.74 Å². The highest BCUT2D eigenvalue weighted by molar-refractivity contribution is 6.51. The Bertz CT molecular complexity index is 1250. The van der Waals surface area contributed by atoms with Crippen molar-refractivity contribution in [1.82, 2.24) is 0 Å². The molecule has 32 heavy (non-hydrogen) atoms. The lowest BCUT2D eigenvalue weighted by atomic mass is 9.94. The standard InChI is InChI=1S/C26H22FNO4/c1-15-8-13-19(14-16(15)2)28-23(20-6-4-5-7-21(20)32-3)22(25(30)26(28)31)24(29)17-9-11-18(27)12-10-17/h4-14,23,29H,1-3H3/b24-22+. The first kappa shape index (κ1) is 21.3. The Kier molecular flexibility index (Phi) is 5.53. The van der Waals surface area contributed by atoms with Crippen LogP contribution in [0.15, 0.2) is 72.3 Å². The van der Waals surface area contributed by atoms with Crippen LogP contribution in [0.1, 0.15) is 28.3 Å². The fourth-order valence-corrected chi connectivity index (χ4v) is 3.92. The van der Waals surface area contributed by atoms with Crippen LogP contribution >= 0.6 is 0 Å². The monoisotopic (exact) mass is 431 g/mol. The number of carbonyl (C=O) groups is 2. The summed E-state index contributed by atoms with van der Waals surface area (Å²) < 4.78 is 18.9. The number of anilines is 1. The molecule has 0 aromatic heterocycles. The molecule has 1 saturated heterocycles. The van der Waals surface area contributed by atoms with Gasteiger partial charge in [-0.15, -0.1) is 0 Å². The lowest BCUT2D eigenvalue weighted by Crippen LogP contribution is -2.29. The number of rotatable bonds is 4. The maximum atomic E-state index is 13.4. The summed E-state index contributed by atoms with van der Waals surface area (Å²) in [4.78, 5) is 27.8. The Morgan fingerprint density at radius 2 is 1.66 bits per heavy atom. The highest BCUT2D eigenvalue weighted by Gasteiger charge is 2.47. The van der Waals surface area contributed by atoms with E-state index in [0.29, 0.717) is 17.0 Å². The Balaban J connectivity index is 1.99. The van der Waals surface area contributed by atoms with E-state index in [1.54, 1.807) is 30.3 Å². The van der Waals surface area contributed by atoms with Crippen LogP contribution in [-0.2, 0) is 9.59 Å². The summed E-state index contributed by atoms with van der Waals surface area (Å²) in [6, 6.07) is 16.7. The zero-order chi connectivity index (χ0) is 23.0. The zero-order valence-corrected chi connectivity index (χ0v) is 17.9. The molecule has 4 rings (SSSR count). The normalized spacial score (nSPS) is 17.6. The molecule has 162 valence electrons. The van der Waals surface area contributed by atoms with E-state index >= 15 is 0 Å². The van der Waals surface area contributed by atoms with Crippen LogP contribution in [0.2, 0.25) is 0 Å².